The summed E-state index contributed by atoms with van der Waals surface area (Å²) in [7, 11) is 0. The van der Waals surface area contributed by atoms with Crippen molar-refractivity contribution in [3.8, 4) is 5.75 Å². The summed E-state index contributed by atoms with van der Waals surface area (Å²) in [5, 5.41) is 9.93. The summed E-state index contributed by atoms with van der Waals surface area (Å²) in [5.41, 5.74) is 1.56. The van der Waals surface area contributed by atoms with Gasteiger partial charge in [-0.2, -0.15) is 0 Å². The SMILES string of the molecule is CC(C)(C)c1ccc(O)c(C2=CC(=O)C=CC2=O)c1. The van der Waals surface area contributed by atoms with Crippen LogP contribution < -0.4 is 0 Å². The highest BCUT2D eigenvalue weighted by molar-refractivity contribution is 6.34. The first-order valence-electron chi connectivity index (χ1n) is 6.11. The Morgan fingerprint density at radius 2 is 1.74 bits per heavy atom. The Bertz CT molecular complexity index is 613. The van der Waals surface area contributed by atoms with Crippen LogP contribution in [0.4, 0.5) is 0 Å². The molecule has 0 saturated heterocycles. The molecule has 0 saturated carbocycles. The van der Waals surface area contributed by atoms with Crippen molar-refractivity contribution in [2.45, 2.75) is 26.2 Å². The molecule has 0 aliphatic heterocycles. The number of carbonyl (C=O) groups excluding carboxylic acids is 2. The second-order valence-electron chi connectivity index (χ2n) is 5.64. The van der Waals surface area contributed by atoms with E-state index in [0.717, 1.165) is 5.56 Å². The molecule has 0 amide bonds. The molecule has 2 rings (SSSR count). The van der Waals surface area contributed by atoms with Gasteiger partial charge in [0.25, 0.3) is 0 Å². The fourth-order valence-electron chi connectivity index (χ4n) is 1.94. The van der Waals surface area contributed by atoms with Gasteiger partial charge < -0.3 is 5.11 Å². The summed E-state index contributed by atoms with van der Waals surface area (Å²) in [4.78, 5) is 23.2. The number of rotatable bonds is 1. The normalized spacial score (nSPS) is 15.6. The summed E-state index contributed by atoms with van der Waals surface area (Å²) in [5.74, 6) is -0.494. The molecule has 0 fully saturated rings. The third kappa shape index (κ3) is 2.65. The molecule has 0 bridgehead atoms. The Balaban J connectivity index is 2.56. The average molecular weight is 256 g/mol. The Kier molecular flexibility index (Phi) is 3.14. The molecule has 0 spiro atoms. The van der Waals surface area contributed by atoms with E-state index < -0.39 is 0 Å². The van der Waals surface area contributed by atoms with Gasteiger partial charge in [0.15, 0.2) is 11.6 Å². The van der Waals surface area contributed by atoms with Crippen molar-refractivity contribution in [2.75, 3.05) is 0 Å². The van der Waals surface area contributed by atoms with Crippen LogP contribution in [-0.4, -0.2) is 16.7 Å². The zero-order chi connectivity index (χ0) is 14.2. The number of ketones is 2. The van der Waals surface area contributed by atoms with E-state index in [1.54, 1.807) is 12.1 Å². The highest BCUT2D eigenvalue weighted by atomic mass is 16.3. The van der Waals surface area contributed by atoms with E-state index in [1.807, 2.05) is 26.8 Å². The second kappa shape index (κ2) is 4.50. The maximum absolute atomic E-state index is 11.8. The van der Waals surface area contributed by atoms with Gasteiger partial charge in [0.05, 0.1) is 0 Å². The van der Waals surface area contributed by atoms with Gasteiger partial charge >= 0.3 is 0 Å². The van der Waals surface area contributed by atoms with Crippen LogP contribution in [-0.2, 0) is 15.0 Å². The second-order valence-corrected chi connectivity index (χ2v) is 5.64. The topological polar surface area (TPSA) is 54.4 Å². The molecule has 19 heavy (non-hydrogen) atoms. The first-order valence-corrected chi connectivity index (χ1v) is 6.11. The van der Waals surface area contributed by atoms with Crippen molar-refractivity contribution in [3.63, 3.8) is 0 Å². The molecule has 1 aliphatic rings. The number of phenols is 1. The lowest BCUT2D eigenvalue weighted by Gasteiger charge is -2.21. The van der Waals surface area contributed by atoms with Crippen molar-refractivity contribution >= 4 is 17.1 Å². The summed E-state index contributed by atoms with van der Waals surface area (Å²) in [6.07, 6.45) is 3.74. The number of allylic oxidation sites excluding steroid dienone is 4. The Morgan fingerprint density at radius 3 is 2.37 bits per heavy atom. The fraction of sp³-hybridized carbons (Fsp3) is 0.250. The van der Waals surface area contributed by atoms with Crippen LogP contribution in [0.15, 0.2) is 36.4 Å². The van der Waals surface area contributed by atoms with Crippen LogP contribution in [0.25, 0.3) is 5.57 Å². The van der Waals surface area contributed by atoms with Crippen LogP contribution in [0.2, 0.25) is 0 Å². The molecule has 1 aromatic carbocycles. The lowest BCUT2D eigenvalue weighted by molar-refractivity contribution is -0.113. The molecule has 0 unspecified atom stereocenters. The van der Waals surface area contributed by atoms with Gasteiger partial charge in [-0.25, -0.2) is 0 Å². The summed E-state index contributed by atoms with van der Waals surface area (Å²) in [6, 6.07) is 5.16. The van der Waals surface area contributed by atoms with E-state index >= 15 is 0 Å². The summed E-state index contributed by atoms with van der Waals surface area (Å²) >= 11 is 0. The van der Waals surface area contributed by atoms with Crippen LogP contribution >= 0.6 is 0 Å². The first kappa shape index (κ1) is 13.3. The van der Waals surface area contributed by atoms with Crippen LogP contribution in [0, 0.1) is 0 Å². The lowest BCUT2D eigenvalue weighted by atomic mass is 9.84. The largest absolute Gasteiger partial charge is 0.507 e. The Labute approximate surface area is 112 Å². The molecular weight excluding hydrogens is 240 g/mol. The third-order valence-electron chi connectivity index (χ3n) is 3.10. The van der Waals surface area contributed by atoms with Gasteiger partial charge in [-0.3, -0.25) is 9.59 Å². The Hall–Kier alpha value is -2.16. The predicted molar refractivity (Wildman–Crippen MR) is 73.9 cm³/mol. The van der Waals surface area contributed by atoms with Gasteiger partial charge in [-0.05, 0) is 41.3 Å². The minimum absolute atomic E-state index is 0.00991. The molecule has 0 atom stereocenters. The quantitative estimate of drug-likeness (QED) is 0.786. The van der Waals surface area contributed by atoms with Crippen LogP contribution in [0.5, 0.6) is 5.75 Å². The van der Waals surface area contributed by atoms with Gasteiger partial charge in [-0.15, -0.1) is 0 Å². The molecule has 3 heteroatoms. The molecule has 1 N–H and O–H groups in total. The van der Waals surface area contributed by atoms with Crippen LogP contribution in [0.3, 0.4) is 0 Å². The minimum atomic E-state index is -0.263. The molecule has 1 aromatic rings. The van der Waals surface area contributed by atoms with Crippen molar-refractivity contribution in [1.29, 1.82) is 0 Å². The van der Waals surface area contributed by atoms with Crippen molar-refractivity contribution < 1.29 is 14.7 Å². The maximum Gasteiger partial charge on any atom is 0.186 e. The number of hydrogen-bond acceptors (Lipinski definition) is 3. The molecular formula is C16H16O3. The number of hydrogen-bond donors (Lipinski definition) is 1. The predicted octanol–water partition coefficient (Wildman–Crippen LogP) is 2.78. The molecule has 0 heterocycles. The van der Waals surface area contributed by atoms with Crippen molar-refractivity contribution in [1.82, 2.24) is 0 Å². The molecule has 1 aliphatic carbocycles. The maximum atomic E-state index is 11.8. The van der Waals surface area contributed by atoms with E-state index in [9.17, 15) is 14.7 Å². The lowest BCUT2D eigenvalue weighted by Crippen LogP contribution is -2.12. The van der Waals surface area contributed by atoms with Gasteiger partial charge in [0.1, 0.15) is 5.75 Å². The van der Waals surface area contributed by atoms with E-state index in [-0.39, 0.29) is 28.3 Å². The fourth-order valence-corrected chi connectivity index (χ4v) is 1.94. The molecule has 0 aromatic heterocycles. The monoisotopic (exact) mass is 256 g/mol. The molecule has 98 valence electrons. The van der Waals surface area contributed by atoms with Gasteiger partial charge in [-0.1, -0.05) is 26.8 Å². The van der Waals surface area contributed by atoms with Crippen LogP contribution in [0.1, 0.15) is 31.9 Å². The van der Waals surface area contributed by atoms with E-state index in [0.29, 0.717) is 5.56 Å². The van der Waals surface area contributed by atoms with E-state index in [4.69, 9.17) is 0 Å². The van der Waals surface area contributed by atoms with Crippen molar-refractivity contribution in [3.05, 3.63) is 47.6 Å². The standard InChI is InChI=1S/C16H16O3/c1-16(2,3)10-4-6-14(18)12(8-10)13-9-11(17)5-7-15(13)19/h4-9,18H,1-3H3. The molecule has 3 nitrogen and oxygen atoms in total. The minimum Gasteiger partial charge on any atom is -0.507 e. The smallest absolute Gasteiger partial charge is 0.186 e. The summed E-state index contributed by atoms with van der Waals surface area (Å²) in [6.45, 7) is 6.14. The number of carbonyl (C=O) groups is 2. The number of benzene rings is 1. The molecule has 0 radical (unpaired) electrons. The first-order chi connectivity index (χ1) is 8.79. The van der Waals surface area contributed by atoms with E-state index in [1.165, 1.54) is 18.2 Å². The Morgan fingerprint density at radius 1 is 1.05 bits per heavy atom. The zero-order valence-electron chi connectivity index (χ0n) is 11.2. The average Bonchev–Trinajstić information content (AvgIpc) is 2.32. The third-order valence-corrected chi connectivity index (χ3v) is 3.10. The summed E-state index contributed by atoms with van der Waals surface area (Å²) < 4.78 is 0. The zero-order valence-corrected chi connectivity index (χ0v) is 11.2. The van der Waals surface area contributed by atoms with Gasteiger partial charge in [0.2, 0.25) is 0 Å². The van der Waals surface area contributed by atoms with E-state index in [2.05, 4.69) is 0 Å². The highest BCUT2D eigenvalue weighted by Gasteiger charge is 2.21. The number of phenolic OH excluding ortho intramolecular Hbond substituents is 1. The number of aromatic hydroxyl groups is 1. The van der Waals surface area contributed by atoms with Crippen molar-refractivity contribution in [2.24, 2.45) is 0 Å². The van der Waals surface area contributed by atoms with Gasteiger partial charge in [0, 0.05) is 11.1 Å². The highest BCUT2D eigenvalue weighted by Crippen LogP contribution is 2.32.